The third kappa shape index (κ3) is 4.18. The Hall–Kier alpha value is -0.630. The summed E-state index contributed by atoms with van der Waals surface area (Å²) < 4.78 is 30.4. The Labute approximate surface area is 135 Å². The normalized spacial score (nSPS) is 20.4. The third-order valence-corrected chi connectivity index (χ3v) is 5.95. The molecular weight excluding hydrogens is 354 g/mol. The largest absolute Gasteiger partial charge is 0.318 e. The maximum absolute atomic E-state index is 12.7. The summed E-state index contributed by atoms with van der Waals surface area (Å²) in [6.07, 6.45) is 2.89. The number of piperidine rings is 1. The topological polar surface area (TPSA) is 61.4 Å². The molecule has 1 aliphatic heterocycles. The van der Waals surface area contributed by atoms with Gasteiger partial charge in [0.05, 0.1) is 5.69 Å². The van der Waals surface area contributed by atoms with Crippen molar-refractivity contribution in [2.24, 2.45) is 0 Å². The lowest BCUT2D eigenvalue weighted by Crippen LogP contribution is -2.49. The van der Waals surface area contributed by atoms with Crippen LogP contribution in [0.25, 0.3) is 0 Å². The fraction of sp³-hybridized carbons (Fsp3) is 0.571. The van der Waals surface area contributed by atoms with Crippen LogP contribution in [0, 0.1) is 6.92 Å². The number of benzene rings is 1. The van der Waals surface area contributed by atoms with Gasteiger partial charge in [0.2, 0.25) is 0 Å². The van der Waals surface area contributed by atoms with E-state index in [9.17, 15) is 8.42 Å². The quantitative estimate of drug-likeness (QED) is 0.830. The van der Waals surface area contributed by atoms with E-state index in [0.29, 0.717) is 18.8 Å². The van der Waals surface area contributed by atoms with Crippen molar-refractivity contribution < 1.29 is 8.42 Å². The maximum Gasteiger partial charge on any atom is 0.301 e. The summed E-state index contributed by atoms with van der Waals surface area (Å²) in [5.74, 6) is 0. The monoisotopic (exact) mass is 375 g/mol. The van der Waals surface area contributed by atoms with Crippen molar-refractivity contribution in [3.8, 4) is 0 Å². The molecule has 0 spiro atoms. The lowest BCUT2D eigenvalue weighted by molar-refractivity contribution is 0.250. The molecule has 5 nitrogen and oxygen atoms in total. The number of likely N-dealkylation sites (N-methyl/N-ethyl adjacent to an activating group) is 1. The van der Waals surface area contributed by atoms with Gasteiger partial charge in [0.25, 0.3) is 0 Å². The molecule has 0 bridgehead atoms. The summed E-state index contributed by atoms with van der Waals surface area (Å²) >= 11 is 3.40. The summed E-state index contributed by atoms with van der Waals surface area (Å²) in [4.78, 5) is 0. The number of nitrogens with zero attached hydrogens (tertiary/aromatic N) is 1. The Morgan fingerprint density at radius 3 is 2.86 bits per heavy atom. The predicted octanol–water partition coefficient (Wildman–Crippen LogP) is 2.49. The van der Waals surface area contributed by atoms with Crippen LogP contribution in [0.15, 0.2) is 22.7 Å². The third-order valence-electron chi connectivity index (χ3n) is 3.68. The van der Waals surface area contributed by atoms with Crippen LogP contribution in [0.5, 0.6) is 0 Å². The molecule has 1 aromatic rings. The first kappa shape index (κ1) is 16.7. The second-order valence-electron chi connectivity index (χ2n) is 5.41. The fourth-order valence-corrected chi connectivity index (χ4v) is 4.63. The Morgan fingerprint density at radius 1 is 1.38 bits per heavy atom. The molecule has 1 saturated heterocycles. The van der Waals surface area contributed by atoms with Gasteiger partial charge in [0, 0.05) is 23.6 Å². The van der Waals surface area contributed by atoms with Crippen molar-refractivity contribution in [2.75, 3.05) is 24.9 Å². The van der Waals surface area contributed by atoms with E-state index < -0.39 is 10.2 Å². The van der Waals surface area contributed by atoms with Crippen molar-refractivity contribution in [3.05, 3.63) is 28.2 Å². The Balaban J connectivity index is 2.22. The van der Waals surface area contributed by atoms with Crippen LogP contribution in [0.4, 0.5) is 5.69 Å². The number of halogens is 1. The molecule has 1 atom stereocenters. The van der Waals surface area contributed by atoms with E-state index in [4.69, 9.17) is 0 Å². The maximum atomic E-state index is 12.7. The molecule has 1 aliphatic rings. The summed E-state index contributed by atoms with van der Waals surface area (Å²) in [5.41, 5.74) is 1.60. The van der Waals surface area contributed by atoms with Crippen molar-refractivity contribution in [2.45, 2.75) is 32.2 Å². The molecular formula is C14H22BrN3O2S. The van der Waals surface area contributed by atoms with Crippen LogP contribution in [-0.4, -0.2) is 38.9 Å². The van der Waals surface area contributed by atoms with Gasteiger partial charge in [-0.3, -0.25) is 4.72 Å². The van der Waals surface area contributed by atoms with Gasteiger partial charge in [-0.1, -0.05) is 12.5 Å². The Bertz CT molecular complexity index is 590. The van der Waals surface area contributed by atoms with E-state index in [1.165, 1.54) is 0 Å². The summed E-state index contributed by atoms with van der Waals surface area (Å²) in [6.45, 7) is 3.19. The van der Waals surface area contributed by atoms with Gasteiger partial charge in [-0.25, -0.2) is 0 Å². The molecule has 2 rings (SSSR count). The van der Waals surface area contributed by atoms with Gasteiger partial charge in [0.1, 0.15) is 0 Å². The standard InChI is InChI=1S/C14H22BrN3O2S/c1-11-6-7-13(15)14(9-11)17-21(19,20)18-8-4-3-5-12(18)10-16-2/h6-7,9,12,16-17H,3-5,8,10H2,1-2H3. The zero-order chi connectivity index (χ0) is 15.5. The smallest absolute Gasteiger partial charge is 0.301 e. The summed E-state index contributed by atoms with van der Waals surface area (Å²) in [7, 11) is -1.68. The molecule has 0 radical (unpaired) electrons. The highest BCUT2D eigenvalue weighted by Crippen LogP contribution is 2.27. The highest BCUT2D eigenvalue weighted by Gasteiger charge is 2.32. The zero-order valence-corrected chi connectivity index (χ0v) is 14.8. The molecule has 0 saturated carbocycles. The first-order chi connectivity index (χ1) is 9.94. The van der Waals surface area contributed by atoms with Crippen LogP contribution in [0.1, 0.15) is 24.8 Å². The molecule has 118 valence electrons. The van der Waals surface area contributed by atoms with Crippen molar-refractivity contribution >= 4 is 31.8 Å². The SMILES string of the molecule is CNCC1CCCCN1S(=O)(=O)Nc1cc(C)ccc1Br. The van der Waals surface area contributed by atoms with E-state index in [-0.39, 0.29) is 6.04 Å². The van der Waals surface area contributed by atoms with Gasteiger partial charge in [-0.15, -0.1) is 0 Å². The fourth-order valence-electron chi connectivity index (χ4n) is 2.65. The molecule has 0 aliphatic carbocycles. The molecule has 2 N–H and O–H groups in total. The second-order valence-corrected chi connectivity index (χ2v) is 7.89. The number of aryl methyl sites for hydroxylation is 1. The van der Waals surface area contributed by atoms with Crippen molar-refractivity contribution in [1.29, 1.82) is 0 Å². The van der Waals surface area contributed by atoms with Crippen LogP contribution in [0.3, 0.4) is 0 Å². The minimum Gasteiger partial charge on any atom is -0.318 e. The molecule has 1 unspecified atom stereocenters. The van der Waals surface area contributed by atoms with Gasteiger partial charge in [-0.2, -0.15) is 12.7 Å². The van der Waals surface area contributed by atoms with E-state index in [1.807, 2.05) is 32.2 Å². The van der Waals surface area contributed by atoms with Crippen molar-refractivity contribution in [3.63, 3.8) is 0 Å². The minimum absolute atomic E-state index is 0.0184. The first-order valence-corrected chi connectivity index (χ1v) is 9.37. The Kier molecular flexibility index (Phi) is 5.65. The van der Waals surface area contributed by atoms with E-state index in [2.05, 4.69) is 26.0 Å². The molecule has 1 fully saturated rings. The van der Waals surface area contributed by atoms with Gasteiger partial charge in [0.15, 0.2) is 0 Å². The summed E-state index contributed by atoms with van der Waals surface area (Å²) in [6, 6.07) is 5.64. The van der Waals surface area contributed by atoms with E-state index in [1.54, 1.807) is 4.31 Å². The molecule has 1 aromatic carbocycles. The number of hydrogen-bond acceptors (Lipinski definition) is 3. The predicted molar refractivity (Wildman–Crippen MR) is 89.7 cm³/mol. The van der Waals surface area contributed by atoms with Gasteiger partial charge < -0.3 is 5.32 Å². The van der Waals surface area contributed by atoms with Crippen molar-refractivity contribution in [1.82, 2.24) is 9.62 Å². The molecule has 0 amide bonds. The van der Waals surface area contributed by atoms with Crippen LogP contribution in [0.2, 0.25) is 0 Å². The number of rotatable bonds is 5. The number of hydrogen-bond donors (Lipinski definition) is 2. The zero-order valence-electron chi connectivity index (χ0n) is 12.4. The lowest BCUT2D eigenvalue weighted by Gasteiger charge is -2.34. The molecule has 1 heterocycles. The lowest BCUT2D eigenvalue weighted by atomic mass is 10.1. The van der Waals surface area contributed by atoms with E-state index >= 15 is 0 Å². The minimum atomic E-state index is -3.53. The second kappa shape index (κ2) is 7.09. The van der Waals surface area contributed by atoms with Gasteiger partial charge in [-0.05, 0) is 60.4 Å². The molecule has 0 aromatic heterocycles. The highest BCUT2D eigenvalue weighted by molar-refractivity contribution is 9.10. The van der Waals surface area contributed by atoms with Crippen LogP contribution >= 0.6 is 15.9 Å². The number of anilines is 1. The average molecular weight is 376 g/mol. The number of nitrogens with one attached hydrogen (secondary N) is 2. The van der Waals surface area contributed by atoms with Gasteiger partial charge >= 0.3 is 10.2 Å². The van der Waals surface area contributed by atoms with Crippen LogP contribution in [-0.2, 0) is 10.2 Å². The highest BCUT2D eigenvalue weighted by atomic mass is 79.9. The Morgan fingerprint density at radius 2 is 2.14 bits per heavy atom. The average Bonchev–Trinajstić information content (AvgIpc) is 2.43. The van der Waals surface area contributed by atoms with Crippen LogP contribution < -0.4 is 10.0 Å². The molecule has 21 heavy (non-hydrogen) atoms. The summed E-state index contributed by atoms with van der Waals surface area (Å²) in [5, 5.41) is 3.08. The molecule has 7 heteroatoms. The first-order valence-electron chi connectivity index (χ1n) is 7.14. The van der Waals surface area contributed by atoms with E-state index in [0.717, 1.165) is 29.3 Å².